The Hall–Kier alpha value is -1.88. The zero-order chi connectivity index (χ0) is 13.4. The van der Waals surface area contributed by atoms with Crippen LogP contribution in [0.3, 0.4) is 0 Å². The topological polar surface area (TPSA) is 67.4 Å². The fraction of sp³-hybridized carbons (Fsp3) is 0.385. The third-order valence-corrected chi connectivity index (χ3v) is 2.26. The van der Waals surface area contributed by atoms with Crippen molar-refractivity contribution in [2.45, 2.75) is 13.3 Å². The third kappa shape index (κ3) is 4.18. The summed E-state index contributed by atoms with van der Waals surface area (Å²) in [5.41, 5.74) is 0.948. The fourth-order valence-electron chi connectivity index (χ4n) is 1.44. The van der Waals surface area contributed by atoms with E-state index in [2.05, 4.69) is 10.6 Å². The molecule has 0 bridgehead atoms. The average molecular weight is 250 g/mol. The van der Waals surface area contributed by atoms with E-state index in [0.717, 1.165) is 6.42 Å². The van der Waals surface area contributed by atoms with E-state index in [1.807, 2.05) is 6.92 Å². The molecule has 1 rings (SSSR count). The minimum Gasteiger partial charge on any atom is -0.375 e. The molecule has 0 spiro atoms. The molecule has 0 fully saturated rings. The number of hydrogen-bond acceptors (Lipinski definition) is 3. The Balaban J connectivity index is 2.79. The summed E-state index contributed by atoms with van der Waals surface area (Å²) in [5, 5.41) is 5.42. The molecular weight excluding hydrogens is 232 g/mol. The number of anilines is 1. The zero-order valence-electron chi connectivity index (χ0n) is 10.7. The number of amides is 2. The third-order valence-electron chi connectivity index (χ3n) is 2.26. The number of para-hydroxylation sites is 1. The normalized spacial score (nSPS) is 9.89. The minimum atomic E-state index is -0.284. The van der Waals surface area contributed by atoms with Gasteiger partial charge in [-0.25, -0.2) is 0 Å². The lowest BCUT2D eigenvalue weighted by Gasteiger charge is -2.10. The summed E-state index contributed by atoms with van der Waals surface area (Å²) in [4.78, 5) is 23.3. The maximum Gasteiger partial charge on any atom is 0.253 e. The van der Waals surface area contributed by atoms with Gasteiger partial charge >= 0.3 is 0 Å². The van der Waals surface area contributed by atoms with Gasteiger partial charge in [0.1, 0.15) is 6.61 Å². The standard InChI is InChI=1S/C13H18N2O3/c1-3-8-14-13(17)10-6-4-5-7-11(10)15-12(16)9-18-2/h4-7H,3,8-9H2,1-2H3,(H,14,17)(H,15,16). The monoisotopic (exact) mass is 250 g/mol. The van der Waals surface area contributed by atoms with E-state index in [-0.39, 0.29) is 18.4 Å². The van der Waals surface area contributed by atoms with Crippen LogP contribution in [0.25, 0.3) is 0 Å². The first-order valence-electron chi connectivity index (χ1n) is 5.85. The van der Waals surface area contributed by atoms with Crippen molar-refractivity contribution in [3.05, 3.63) is 29.8 Å². The maximum atomic E-state index is 11.9. The second-order valence-corrected chi connectivity index (χ2v) is 3.78. The molecule has 0 saturated carbocycles. The van der Waals surface area contributed by atoms with Gasteiger partial charge in [-0.15, -0.1) is 0 Å². The van der Waals surface area contributed by atoms with Crippen LogP contribution in [0.15, 0.2) is 24.3 Å². The first-order valence-corrected chi connectivity index (χ1v) is 5.85. The Morgan fingerprint density at radius 2 is 2.00 bits per heavy atom. The minimum absolute atomic E-state index is 0.0368. The molecule has 1 aromatic rings. The van der Waals surface area contributed by atoms with Gasteiger partial charge in [-0.3, -0.25) is 9.59 Å². The fourth-order valence-corrected chi connectivity index (χ4v) is 1.44. The van der Waals surface area contributed by atoms with Crippen LogP contribution in [0.2, 0.25) is 0 Å². The number of benzene rings is 1. The number of ether oxygens (including phenoxy) is 1. The highest BCUT2D eigenvalue weighted by atomic mass is 16.5. The Morgan fingerprint density at radius 1 is 1.28 bits per heavy atom. The maximum absolute atomic E-state index is 11.9. The largest absolute Gasteiger partial charge is 0.375 e. The SMILES string of the molecule is CCCNC(=O)c1ccccc1NC(=O)COC. The summed E-state index contributed by atoms with van der Waals surface area (Å²) in [5.74, 6) is -0.474. The van der Waals surface area contributed by atoms with E-state index < -0.39 is 0 Å². The Kier molecular flexibility index (Phi) is 5.87. The van der Waals surface area contributed by atoms with Crippen molar-refractivity contribution in [3.63, 3.8) is 0 Å². The lowest BCUT2D eigenvalue weighted by molar-refractivity contribution is -0.119. The first kappa shape index (κ1) is 14.2. The molecular formula is C13H18N2O3. The van der Waals surface area contributed by atoms with Gasteiger partial charge in [-0.05, 0) is 18.6 Å². The van der Waals surface area contributed by atoms with Crippen LogP contribution in [0.5, 0.6) is 0 Å². The van der Waals surface area contributed by atoms with Gasteiger partial charge in [-0.2, -0.15) is 0 Å². The molecule has 98 valence electrons. The molecule has 0 aliphatic carbocycles. The predicted octanol–water partition coefficient (Wildman–Crippen LogP) is 1.41. The van der Waals surface area contributed by atoms with Gasteiger partial charge in [0, 0.05) is 13.7 Å². The van der Waals surface area contributed by atoms with Crippen LogP contribution in [-0.2, 0) is 9.53 Å². The highest BCUT2D eigenvalue weighted by molar-refractivity contribution is 6.03. The molecule has 0 aliphatic heterocycles. The van der Waals surface area contributed by atoms with Gasteiger partial charge < -0.3 is 15.4 Å². The number of carbonyl (C=O) groups is 2. The van der Waals surface area contributed by atoms with Crippen molar-refractivity contribution in [3.8, 4) is 0 Å². The molecule has 0 saturated heterocycles. The molecule has 5 heteroatoms. The van der Waals surface area contributed by atoms with Gasteiger partial charge in [0.2, 0.25) is 5.91 Å². The highest BCUT2D eigenvalue weighted by Gasteiger charge is 2.11. The van der Waals surface area contributed by atoms with Crippen molar-refractivity contribution in [1.82, 2.24) is 5.32 Å². The molecule has 0 atom stereocenters. The van der Waals surface area contributed by atoms with E-state index in [9.17, 15) is 9.59 Å². The van der Waals surface area contributed by atoms with Crippen LogP contribution in [0.4, 0.5) is 5.69 Å². The van der Waals surface area contributed by atoms with Gasteiger partial charge in [-0.1, -0.05) is 19.1 Å². The van der Waals surface area contributed by atoms with Crippen LogP contribution < -0.4 is 10.6 Å². The average Bonchev–Trinajstić information content (AvgIpc) is 2.37. The summed E-state index contributed by atoms with van der Waals surface area (Å²) in [6.45, 7) is 2.55. The molecule has 0 heterocycles. The van der Waals surface area contributed by atoms with Crippen molar-refractivity contribution < 1.29 is 14.3 Å². The van der Waals surface area contributed by atoms with E-state index in [0.29, 0.717) is 17.8 Å². The number of rotatable bonds is 6. The predicted molar refractivity (Wildman–Crippen MR) is 69.6 cm³/mol. The lowest BCUT2D eigenvalue weighted by Crippen LogP contribution is -2.26. The number of hydrogen-bond donors (Lipinski definition) is 2. The Labute approximate surface area is 107 Å². The summed E-state index contributed by atoms with van der Waals surface area (Å²) in [6, 6.07) is 6.88. The van der Waals surface area contributed by atoms with Gasteiger partial charge in [0.25, 0.3) is 5.91 Å². The molecule has 1 aromatic carbocycles. The van der Waals surface area contributed by atoms with E-state index in [1.54, 1.807) is 24.3 Å². The summed E-state index contributed by atoms with van der Waals surface area (Å²) in [7, 11) is 1.44. The van der Waals surface area contributed by atoms with Crippen LogP contribution >= 0.6 is 0 Å². The first-order chi connectivity index (χ1) is 8.69. The van der Waals surface area contributed by atoms with Crippen molar-refractivity contribution in [1.29, 1.82) is 0 Å². The van der Waals surface area contributed by atoms with E-state index >= 15 is 0 Å². The molecule has 0 aliphatic rings. The quantitative estimate of drug-likeness (QED) is 0.802. The van der Waals surface area contributed by atoms with E-state index in [4.69, 9.17) is 4.74 Å². The summed E-state index contributed by atoms with van der Waals surface area (Å²) >= 11 is 0. The molecule has 18 heavy (non-hydrogen) atoms. The van der Waals surface area contributed by atoms with Gasteiger partial charge in [0.05, 0.1) is 11.3 Å². The van der Waals surface area contributed by atoms with Crippen molar-refractivity contribution >= 4 is 17.5 Å². The molecule has 0 unspecified atom stereocenters. The van der Waals surface area contributed by atoms with Crippen molar-refractivity contribution in [2.75, 3.05) is 25.6 Å². The molecule has 0 radical (unpaired) electrons. The zero-order valence-corrected chi connectivity index (χ0v) is 10.7. The summed E-state index contributed by atoms with van der Waals surface area (Å²) in [6.07, 6.45) is 0.865. The smallest absolute Gasteiger partial charge is 0.253 e. The molecule has 2 N–H and O–H groups in total. The molecule has 2 amide bonds. The number of carbonyl (C=O) groups excluding carboxylic acids is 2. The summed E-state index contributed by atoms with van der Waals surface area (Å²) < 4.78 is 4.73. The second-order valence-electron chi connectivity index (χ2n) is 3.78. The highest BCUT2D eigenvalue weighted by Crippen LogP contribution is 2.14. The Morgan fingerprint density at radius 3 is 2.67 bits per heavy atom. The van der Waals surface area contributed by atoms with E-state index in [1.165, 1.54) is 7.11 Å². The van der Waals surface area contributed by atoms with Crippen molar-refractivity contribution in [2.24, 2.45) is 0 Å². The number of methoxy groups -OCH3 is 1. The lowest BCUT2D eigenvalue weighted by atomic mass is 10.1. The second kappa shape index (κ2) is 7.45. The Bertz CT molecular complexity index is 418. The molecule has 0 aromatic heterocycles. The van der Waals surface area contributed by atoms with Crippen LogP contribution in [0, 0.1) is 0 Å². The van der Waals surface area contributed by atoms with Gasteiger partial charge in [0.15, 0.2) is 0 Å². The molecule has 5 nitrogen and oxygen atoms in total. The van der Waals surface area contributed by atoms with Crippen LogP contribution in [-0.4, -0.2) is 32.1 Å². The number of nitrogens with one attached hydrogen (secondary N) is 2. The van der Waals surface area contributed by atoms with Crippen LogP contribution in [0.1, 0.15) is 23.7 Å².